The number of aromatic nitrogens is 2. The van der Waals surface area contributed by atoms with Crippen LogP contribution in [0.15, 0.2) is 48.8 Å². The first-order chi connectivity index (χ1) is 11.8. The summed E-state index contributed by atoms with van der Waals surface area (Å²) >= 11 is 0. The van der Waals surface area contributed by atoms with Crippen LogP contribution in [0.25, 0.3) is 22.0 Å². The molecule has 1 aliphatic heterocycles. The Labute approximate surface area is 142 Å². The molecule has 4 heteroatoms. The van der Waals surface area contributed by atoms with Crippen LogP contribution in [0.2, 0.25) is 0 Å². The molecule has 0 unspecified atom stereocenters. The highest BCUT2D eigenvalue weighted by Gasteiger charge is 2.12. The molecular weight excluding hydrogens is 296 g/mol. The molecule has 2 aromatic carbocycles. The molecule has 0 bridgehead atoms. The molecule has 1 saturated heterocycles. The van der Waals surface area contributed by atoms with Crippen LogP contribution in [0.5, 0.6) is 0 Å². The molecule has 1 fully saturated rings. The van der Waals surface area contributed by atoms with Crippen LogP contribution in [0.4, 0.5) is 5.82 Å². The highest BCUT2D eigenvalue weighted by atomic mass is 15.1. The fourth-order valence-electron chi connectivity index (χ4n) is 3.48. The maximum absolute atomic E-state index is 4.35. The van der Waals surface area contributed by atoms with Crippen LogP contribution in [0.3, 0.4) is 0 Å². The number of likely N-dealkylation sites (tertiary alicyclic amines) is 1. The van der Waals surface area contributed by atoms with Gasteiger partial charge in [0.25, 0.3) is 0 Å². The summed E-state index contributed by atoms with van der Waals surface area (Å²) in [5.74, 6) is 0.870. The highest BCUT2D eigenvalue weighted by molar-refractivity contribution is 5.92. The van der Waals surface area contributed by atoms with E-state index in [0.29, 0.717) is 0 Å². The molecule has 0 aliphatic carbocycles. The second kappa shape index (κ2) is 6.57. The number of nitrogens with one attached hydrogen (secondary N) is 1. The number of anilines is 1. The maximum Gasteiger partial charge on any atom is 0.137 e. The normalized spacial score (nSPS) is 15.0. The zero-order valence-electron chi connectivity index (χ0n) is 14.0. The first-order valence-corrected chi connectivity index (χ1v) is 8.58. The van der Waals surface area contributed by atoms with Crippen molar-refractivity contribution in [3.8, 4) is 11.1 Å². The van der Waals surface area contributed by atoms with E-state index in [4.69, 9.17) is 0 Å². The lowest BCUT2D eigenvalue weighted by molar-refractivity contribution is 0.331. The van der Waals surface area contributed by atoms with Crippen molar-refractivity contribution in [2.24, 2.45) is 0 Å². The Morgan fingerprint density at radius 2 is 1.83 bits per heavy atom. The van der Waals surface area contributed by atoms with Crippen molar-refractivity contribution in [2.45, 2.75) is 19.4 Å². The summed E-state index contributed by atoms with van der Waals surface area (Å²) < 4.78 is 0. The largest absolute Gasteiger partial charge is 0.373 e. The van der Waals surface area contributed by atoms with Gasteiger partial charge in [0.05, 0.1) is 5.52 Å². The fourth-order valence-corrected chi connectivity index (χ4v) is 3.48. The number of hydrogen-bond donors (Lipinski definition) is 1. The Hall–Kier alpha value is -2.46. The van der Waals surface area contributed by atoms with Gasteiger partial charge in [0.1, 0.15) is 12.1 Å². The Kier molecular flexibility index (Phi) is 4.13. The second-order valence-corrected chi connectivity index (χ2v) is 6.39. The van der Waals surface area contributed by atoms with Gasteiger partial charge in [-0.2, -0.15) is 0 Å². The zero-order valence-corrected chi connectivity index (χ0v) is 14.0. The minimum Gasteiger partial charge on any atom is -0.373 e. The Morgan fingerprint density at radius 1 is 1.00 bits per heavy atom. The van der Waals surface area contributed by atoms with E-state index in [1.54, 1.807) is 6.33 Å². The summed E-state index contributed by atoms with van der Waals surface area (Å²) in [4.78, 5) is 11.2. The topological polar surface area (TPSA) is 41.1 Å². The Morgan fingerprint density at radius 3 is 2.67 bits per heavy atom. The average molecular weight is 318 g/mol. The molecule has 1 N–H and O–H groups in total. The summed E-state index contributed by atoms with van der Waals surface area (Å²) in [6.07, 6.45) is 4.26. The Bertz CT molecular complexity index is 853. The van der Waals surface area contributed by atoms with E-state index in [-0.39, 0.29) is 0 Å². The molecule has 3 aromatic rings. The van der Waals surface area contributed by atoms with Gasteiger partial charge in [0.15, 0.2) is 0 Å². The lowest BCUT2D eigenvalue weighted by Crippen LogP contribution is -2.18. The van der Waals surface area contributed by atoms with E-state index in [0.717, 1.165) is 23.3 Å². The third-order valence-electron chi connectivity index (χ3n) is 4.74. The molecule has 0 amide bonds. The van der Waals surface area contributed by atoms with Crippen LogP contribution in [0, 0.1) is 0 Å². The van der Waals surface area contributed by atoms with Crippen molar-refractivity contribution in [2.75, 3.05) is 25.5 Å². The van der Waals surface area contributed by atoms with Gasteiger partial charge in [-0.3, -0.25) is 4.90 Å². The van der Waals surface area contributed by atoms with E-state index in [1.165, 1.54) is 42.6 Å². The van der Waals surface area contributed by atoms with Gasteiger partial charge >= 0.3 is 0 Å². The van der Waals surface area contributed by atoms with Gasteiger partial charge in [-0.1, -0.05) is 24.3 Å². The van der Waals surface area contributed by atoms with E-state index < -0.39 is 0 Å². The fraction of sp³-hybridized carbons (Fsp3) is 0.300. The van der Waals surface area contributed by atoms with Crippen LogP contribution < -0.4 is 5.32 Å². The number of fused-ring (bicyclic) bond motifs is 1. The van der Waals surface area contributed by atoms with Crippen molar-refractivity contribution in [3.05, 3.63) is 54.4 Å². The molecule has 122 valence electrons. The molecule has 0 atom stereocenters. The maximum atomic E-state index is 4.35. The molecule has 0 radical (unpaired) electrons. The number of hydrogen-bond acceptors (Lipinski definition) is 4. The van der Waals surface area contributed by atoms with Gasteiger partial charge < -0.3 is 5.32 Å². The number of rotatable bonds is 4. The van der Waals surface area contributed by atoms with Crippen molar-refractivity contribution in [3.63, 3.8) is 0 Å². The smallest absolute Gasteiger partial charge is 0.137 e. The number of benzene rings is 2. The average Bonchev–Trinajstić information content (AvgIpc) is 3.14. The lowest BCUT2D eigenvalue weighted by atomic mass is 10.0. The van der Waals surface area contributed by atoms with Crippen LogP contribution in [-0.4, -0.2) is 35.0 Å². The summed E-state index contributed by atoms with van der Waals surface area (Å²) in [6, 6.07) is 15.3. The summed E-state index contributed by atoms with van der Waals surface area (Å²) in [6.45, 7) is 3.50. The third-order valence-corrected chi connectivity index (χ3v) is 4.74. The predicted octanol–water partition coefficient (Wildman–Crippen LogP) is 3.93. The van der Waals surface area contributed by atoms with Crippen molar-refractivity contribution < 1.29 is 0 Å². The molecule has 4 rings (SSSR count). The number of nitrogens with zero attached hydrogens (tertiary/aromatic N) is 3. The first kappa shape index (κ1) is 15.1. The zero-order chi connectivity index (χ0) is 16.4. The van der Waals surface area contributed by atoms with E-state index in [2.05, 4.69) is 62.6 Å². The SMILES string of the molecule is CNc1ncnc2ccc(-c3cccc(CN4CCCC4)c3)cc12. The molecule has 1 aromatic heterocycles. The summed E-state index contributed by atoms with van der Waals surface area (Å²) in [5, 5.41) is 4.21. The van der Waals surface area contributed by atoms with Crippen LogP contribution in [-0.2, 0) is 6.54 Å². The molecule has 1 aliphatic rings. The van der Waals surface area contributed by atoms with Crippen molar-refractivity contribution >= 4 is 16.7 Å². The van der Waals surface area contributed by atoms with Crippen LogP contribution in [0.1, 0.15) is 18.4 Å². The first-order valence-electron chi connectivity index (χ1n) is 8.58. The molecule has 0 saturated carbocycles. The summed E-state index contributed by atoms with van der Waals surface area (Å²) in [7, 11) is 1.89. The quantitative estimate of drug-likeness (QED) is 0.791. The molecule has 4 nitrogen and oxygen atoms in total. The van der Waals surface area contributed by atoms with Crippen molar-refractivity contribution in [1.82, 2.24) is 14.9 Å². The molecule has 0 spiro atoms. The Balaban J connectivity index is 1.69. The van der Waals surface area contributed by atoms with Crippen molar-refractivity contribution in [1.29, 1.82) is 0 Å². The van der Waals surface area contributed by atoms with E-state index in [9.17, 15) is 0 Å². The molecular formula is C20H22N4. The highest BCUT2D eigenvalue weighted by Crippen LogP contribution is 2.27. The van der Waals surface area contributed by atoms with Gasteiger partial charge in [0, 0.05) is 19.0 Å². The van der Waals surface area contributed by atoms with Gasteiger partial charge in [-0.25, -0.2) is 9.97 Å². The molecule has 24 heavy (non-hydrogen) atoms. The molecule has 2 heterocycles. The van der Waals surface area contributed by atoms with Gasteiger partial charge in [-0.15, -0.1) is 0 Å². The standard InChI is InChI=1S/C20H22N4/c1-21-20-18-12-17(7-8-19(18)22-14-23-20)16-6-4-5-15(11-16)13-24-9-2-3-10-24/h4-8,11-12,14H,2-3,9-10,13H2,1H3,(H,21,22,23). The van der Waals surface area contributed by atoms with E-state index in [1.807, 2.05) is 7.05 Å². The third kappa shape index (κ3) is 2.97. The predicted molar refractivity (Wildman–Crippen MR) is 99.0 cm³/mol. The monoisotopic (exact) mass is 318 g/mol. The van der Waals surface area contributed by atoms with Gasteiger partial charge in [0.2, 0.25) is 0 Å². The summed E-state index contributed by atoms with van der Waals surface area (Å²) in [5.41, 5.74) is 4.80. The minimum atomic E-state index is 0.870. The minimum absolute atomic E-state index is 0.870. The lowest BCUT2D eigenvalue weighted by Gasteiger charge is -2.15. The van der Waals surface area contributed by atoms with Crippen LogP contribution >= 0.6 is 0 Å². The second-order valence-electron chi connectivity index (χ2n) is 6.39. The van der Waals surface area contributed by atoms with Gasteiger partial charge in [-0.05, 0) is 60.8 Å². The van der Waals surface area contributed by atoms with E-state index >= 15 is 0 Å².